The van der Waals surface area contributed by atoms with Crippen molar-refractivity contribution in [1.82, 2.24) is 5.32 Å². The molecule has 1 rings (SSSR count). The van der Waals surface area contributed by atoms with Gasteiger partial charge in [0.25, 0.3) is 10.1 Å². The summed E-state index contributed by atoms with van der Waals surface area (Å²) >= 11 is 0. The van der Waals surface area contributed by atoms with Crippen LogP contribution in [-0.2, 0) is 47.5 Å². The minimum atomic E-state index is -3.74. The van der Waals surface area contributed by atoms with Gasteiger partial charge in [-0.1, -0.05) is 18.2 Å². The molecule has 0 atom stereocenters. The molecule has 0 aliphatic carbocycles. The Labute approximate surface area is 209 Å². The fourth-order valence-corrected chi connectivity index (χ4v) is 3.37. The van der Waals surface area contributed by atoms with Gasteiger partial charge in [-0.3, -0.25) is 4.18 Å². The van der Waals surface area contributed by atoms with E-state index in [1.165, 1.54) is 12.1 Å². The molecular weight excluding hydrogens is 482 g/mol. The van der Waals surface area contributed by atoms with E-state index in [0.717, 1.165) is 6.54 Å². The molecule has 35 heavy (non-hydrogen) atoms. The van der Waals surface area contributed by atoms with Gasteiger partial charge >= 0.3 is 0 Å². The average Bonchev–Trinajstić information content (AvgIpc) is 2.87. The van der Waals surface area contributed by atoms with E-state index in [0.29, 0.717) is 85.9 Å². The van der Waals surface area contributed by atoms with Crippen LogP contribution in [0.25, 0.3) is 0 Å². The van der Waals surface area contributed by atoms with Crippen molar-refractivity contribution in [3.05, 3.63) is 30.3 Å². The van der Waals surface area contributed by atoms with E-state index >= 15 is 0 Å². The lowest BCUT2D eigenvalue weighted by atomic mass is 10.4. The summed E-state index contributed by atoms with van der Waals surface area (Å²) in [4.78, 5) is 0.126. The molecule has 0 unspecified atom stereocenters. The third-order valence-electron chi connectivity index (χ3n) is 4.23. The molecule has 0 bridgehead atoms. The Morgan fingerprint density at radius 2 is 0.886 bits per heavy atom. The zero-order valence-electron chi connectivity index (χ0n) is 20.7. The molecule has 1 aromatic carbocycles. The van der Waals surface area contributed by atoms with E-state index in [-0.39, 0.29) is 18.1 Å². The standard InChI is InChI=1S/C23H41NO10S/c1-24-7-8-27-9-10-28-11-12-29-13-14-30-15-16-31-17-18-32-19-20-33-21-22-34-35(25,26)23-5-3-2-4-6-23/h2-6,24H,7-22H2,1H3. The fourth-order valence-electron chi connectivity index (χ4n) is 2.45. The van der Waals surface area contributed by atoms with Gasteiger partial charge in [-0.25, -0.2) is 0 Å². The zero-order chi connectivity index (χ0) is 25.3. The average molecular weight is 524 g/mol. The molecule has 0 radical (unpaired) electrons. The molecule has 0 spiro atoms. The Balaban J connectivity index is 1.73. The maximum Gasteiger partial charge on any atom is 0.297 e. The predicted molar refractivity (Wildman–Crippen MR) is 129 cm³/mol. The monoisotopic (exact) mass is 523 g/mol. The second-order valence-electron chi connectivity index (χ2n) is 6.98. The Morgan fingerprint density at radius 1 is 0.543 bits per heavy atom. The SMILES string of the molecule is CNCCOCCOCCOCCOCCOCCOCCOCCOS(=O)(=O)c1ccccc1. The highest BCUT2D eigenvalue weighted by Crippen LogP contribution is 2.10. The normalized spacial score (nSPS) is 11.8. The summed E-state index contributed by atoms with van der Waals surface area (Å²) < 4.78 is 66.4. The first-order valence-electron chi connectivity index (χ1n) is 11.8. The Kier molecular flexibility index (Phi) is 21.1. The van der Waals surface area contributed by atoms with Crippen LogP contribution < -0.4 is 5.32 Å². The first kappa shape index (κ1) is 31.8. The lowest BCUT2D eigenvalue weighted by molar-refractivity contribution is -0.0210. The topological polar surface area (TPSA) is 120 Å². The summed E-state index contributed by atoms with van der Waals surface area (Å²) in [5, 5.41) is 3.01. The number of hydrogen-bond donors (Lipinski definition) is 1. The molecule has 1 N–H and O–H groups in total. The maximum atomic E-state index is 11.9. The van der Waals surface area contributed by atoms with Crippen molar-refractivity contribution in [3.8, 4) is 0 Å². The van der Waals surface area contributed by atoms with E-state index in [9.17, 15) is 8.42 Å². The summed E-state index contributed by atoms with van der Waals surface area (Å²) in [7, 11) is -1.86. The maximum absolute atomic E-state index is 11.9. The van der Waals surface area contributed by atoms with Crippen molar-refractivity contribution in [3.63, 3.8) is 0 Å². The van der Waals surface area contributed by atoms with Gasteiger partial charge in [0.1, 0.15) is 0 Å². The molecule has 0 amide bonds. The Hall–Kier alpha value is -1.19. The number of likely N-dealkylation sites (N-methyl/N-ethyl adjacent to an activating group) is 1. The zero-order valence-corrected chi connectivity index (χ0v) is 21.5. The van der Waals surface area contributed by atoms with Crippen LogP contribution in [0.5, 0.6) is 0 Å². The van der Waals surface area contributed by atoms with Gasteiger partial charge < -0.3 is 38.5 Å². The van der Waals surface area contributed by atoms with Crippen molar-refractivity contribution >= 4 is 10.1 Å². The molecule has 0 saturated heterocycles. The smallest absolute Gasteiger partial charge is 0.297 e. The van der Waals surface area contributed by atoms with Crippen LogP contribution in [0.4, 0.5) is 0 Å². The Bertz CT molecular complexity index is 678. The number of ether oxygens (including phenoxy) is 7. The van der Waals surface area contributed by atoms with Gasteiger partial charge in [0.2, 0.25) is 0 Å². The largest absolute Gasteiger partial charge is 0.378 e. The summed E-state index contributed by atoms with van der Waals surface area (Å²) in [6.45, 7) is 7.42. The minimum Gasteiger partial charge on any atom is -0.378 e. The number of nitrogens with one attached hydrogen (secondary N) is 1. The lowest BCUT2D eigenvalue weighted by Gasteiger charge is -2.09. The van der Waals surface area contributed by atoms with Gasteiger partial charge in [-0.05, 0) is 19.2 Å². The quantitative estimate of drug-likeness (QED) is 0.137. The first-order chi connectivity index (χ1) is 17.2. The van der Waals surface area contributed by atoms with Crippen molar-refractivity contribution in [1.29, 1.82) is 0 Å². The number of rotatable bonds is 26. The van der Waals surface area contributed by atoms with E-state index in [2.05, 4.69) is 5.32 Å². The molecule has 0 saturated carbocycles. The molecule has 0 heterocycles. The summed E-state index contributed by atoms with van der Waals surface area (Å²) in [6, 6.07) is 7.99. The van der Waals surface area contributed by atoms with E-state index in [1.807, 2.05) is 7.05 Å². The van der Waals surface area contributed by atoms with E-state index < -0.39 is 10.1 Å². The van der Waals surface area contributed by atoms with Crippen molar-refractivity contribution in [2.24, 2.45) is 0 Å². The van der Waals surface area contributed by atoms with E-state index in [4.69, 9.17) is 37.3 Å². The fraction of sp³-hybridized carbons (Fsp3) is 0.739. The van der Waals surface area contributed by atoms with Gasteiger partial charge in [0.15, 0.2) is 0 Å². The van der Waals surface area contributed by atoms with Gasteiger partial charge in [0.05, 0.1) is 104 Å². The summed E-state index contributed by atoms with van der Waals surface area (Å²) in [5.74, 6) is 0. The molecule has 0 aromatic heterocycles. The van der Waals surface area contributed by atoms with Crippen LogP contribution in [0.1, 0.15) is 0 Å². The van der Waals surface area contributed by atoms with Gasteiger partial charge in [-0.15, -0.1) is 0 Å². The molecule has 204 valence electrons. The van der Waals surface area contributed by atoms with Crippen molar-refractivity contribution in [2.45, 2.75) is 4.90 Å². The molecule has 1 aromatic rings. The molecule has 11 nitrogen and oxygen atoms in total. The molecular formula is C23H41NO10S. The third kappa shape index (κ3) is 19.7. The number of benzene rings is 1. The second kappa shape index (κ2) is 23.2. The van der Waals surface area contributed by atoms with Crippen LogP contribution in [0.3, 0.4) is 0 Å². The summed E-state index contributed by atoms with van der Waals surface area (Å²) in [6.07, 6.45) is 0. The Morgan fingerprint density at radius 3 is 1.26 bits per heavy atom. The van der Waals surface area contributed by atoms with Crippen molar-refractivity contribution < 1.29 is 45.8 Å². The number of hydrogen-bond acceptors (Lipinski definition) is 11. The minimum absolute atomic E-state index is 0.0496. The second-order valence-corrected chi connectivity index (χ2v) is 8.59. The van der Waals surface area contributed by atoms with Crippen LogP contribution >= 0.6 is 0 Å². The van der Waals surface area contributed by atoms with Crippen LogP contribution in [0.2, 0.25) is 0 Å². The molecule has 0 aliphatic rings. The highest BCUT2D eigenvalue weighted by atomic mass is 32.2. The molecule has 12 heteroatoms. The molecule has 0 fully saturated rings. The highest BCUT2D eigenvalue weighted by molar-refractivity contribution is 7.86. The first-order valence-corrected chi connectivity index (χ1v) is 13.2. The van der Waals surface area contributed by atoms with E-state index in [1.54, 1.807) is 18.2 Å². The van der Waals surface area contributed by atoms with Gasteiger partial charge in [-0.2, -0.15) is 8.42 Å². The predicted octanol–water partition coefficient (Wildman–Crippen LogP) is 0.728. The lowest BCUT2D eigenvalue weighted by Crippen LogP contribution is -2.17. The van der Waals surface area contributed by atoms with Crippen LogP contribution in [-0.4, -0.2) is 121 Å². The van der Waals surface area contributed by atoms with Crippen molar-refractivity contribution in [2.75, 3.05) is 113 Å². The molecule has 0 aliphatic heterocycles. The highest BCUT2D eigenvalue weighted by Gasteiger charge is 2.13. The van der Waals surface area contributed by atoms with Crippen LogP contribution in [0, 0.1) is 0 Å². The van der Waals surface area contributed by atoms with Crippen LogP contribution in [0.15, 0.2) is 35.2 Å². The third-order valence-corrected chi connectivity index (χ3v) is 5.55. The summed E-state index contributed by atoms with van der Waals surface area (Å²) in [5.41, 5.74) is 0. The van der Waals surface area contributed by atoms with Gasteiger partial charge in [0, 0.05) is 6.54 Å².